The van der Waals surface area contributed by atoms with E-state index in [4.69, 9.17) is 5.11 Å². The highest BCUT2D eigenvalue weighted by Crippen LogP contribution is 2.51. The molecular weight excluding hydrogens is 342 g/mol. The van der Waals surface area contributed by atoms with Gasteiger partial charge in [0.25, 0.3) is 0 Å². The third kappa shape index (κ3) is 3.65. The van der Waals surface area contributed by atoms with Gasteiger partial charge in [-0.05, 0) is 57.3 Å². The van der Waals surface area contributed by atoms with Crippen LogP contribution in [0.5, 0.6) is 0 Å². The van der Waals surface area contributed by atoms with E-state index >= 15 is 0 Å². The van der Waals surface area contributed by atoms with Crippen LogP contribution in [0.4, 0.5) is 0 Å². The third-order valence-corrected chi connectivity index (χ3v) is 5.87. The van der Waals surface area contributed by atoms with Gasteiger partial charge in [-0.1, -0.05) is 6.07 Å². The van der Waals surface area contributed by atoms with Crippen molar-refractivity contribution in [2.75, 3.05) is 27.2 Å². The largest absolute Gasteiger partial charge is 0.480 e. The molecule has 1 aliphatic heterocycles. The Bertz CT molecular complexity index is 628. The van der Waals surface area contributed by atoms with Crippen molar-refractivity contribution in [1.82, 2.24) is 14.8 Å². The molecule has 2 aliphatic rings. The van der Waals surface area contributed by atoms with Gasteiger partial charge in [0.05, 0.1) is 11.2 Å². The number of carboxylic acids is 1. The first-order valence-corrected chi connectivity index (χ1v) is 8.45. The van der Waals surface area contributed by atoms with E-state index in [0.717, 1.165) is 31.4 Å². The van der Waals surface area contributed by atoms with E-state index in [0.29, 0.717) is 13.0 Å². The number of hydrogen-bond donors (Lipinski definition) is 1. The van der Waals surface area contributed by atoms with Gasteiger partial charge in [-0.15, -0.1) is 12.4 Å². The second kappa shape index (κ2) is 7.30. The predicted molar refractivity (Wildman–Crippen MR) is 96.6 cm³/mol. The van der Waals surface area contributed by atoms with Gasteiger partial charge in [0, 0.05) is 19.2 Å². The van der Waals surface area contributed by atoms with Crippen molar-refractivity contribution in [1.29, 1.82) is 0 Å². The maximum Gasteiger partial charge on any atom is 0.323 e. The van der Waals surface area contributed by atoms with Gasteiger partial charge in [-0.25, -0.2) is 0 Å². The molecule has 1 spiro atoms. The first-order valence-electron chi connectivity index (χ1n) is 8.45. The van der Waals surface area contributed by atoms with Crippen LogP contribution < -0.4 is 0 Å². The normalized spacial score (nSPS) is 29.1. The van der Waals surface area contributed by atoms with Crippen LogP contribution in [0.1, 0.15) is 37.8 Å². The number of aliphatic carboxylic acids is 1. The van der Waals surface area contributed by atoms with E-state index < -0.39 is 5.97 Å². The summed E-state index contributed by atoms with van der Waals surface area (Å²) in [5.74, 6) is -0.958. The van der Waals surface area contributed by atoms with Gasteiger partial charge in [-0.2, -0.15) is 0 Å². The Morgan fingerprint density at radius 2 is 1.96 bits per heavy atom. The van der Waals surface area contributed by atoms with E-state index in [1.54, 1.807) is 0 Å². The van der Waals surface area contributed by atoms with Crippen LogP contribution in [-0.4, -0.2) is 59.0 Å². The Labute approximate surface area is 154 Å². The molecule has 1 aliphatic carbocycles. The summed E-state index contributed by atoms with van der Waals surface area (Å²) in [6.45, 7) is 0.392. The average molecular weight is 368 g/mol. The predicted octanol–water partition coefficient (Wildman–Crippen LogP) is 2.14. The molecule has 1 amide bonds. The fourth-order valence-corrected chi connectivity index (χ4v) is 4.39. The van der Waals surface area contributed by atoms with Gasteiger partial charge < -0.3 is 10.0 Å². The SMILES string of the molecule is CN(C)[C@]1(c2ccccn2)CC[C@@]2(CC1)CC(=O)N(CC(=O)O)C2.Cl. The quantitative estimate of drug-likeness (QED) is 0.882. The fourth-order valence-electron chi connectivity index (χ4n) is 4.39. The zero-order valence-corrected chi connectivity index (χ0v) is 15.6. The summed E-state index contributed by atoms with van der Waals surface area (Å²) < 4.78 is 0. The number of likely N-dealkylation sites (tertiary alicyclic amines) is 1. The molecule has 1 saturated carbocycles. The maximum absolute atomic E-state index is 12.2. The van der Waals surface area contributed by atoms with Crippen LogP contribution >= 0.6 is 12.4 Å². The third-order valence-electron chi connectivity index (χ3n) is 5.87. The molecule has 7 heteroatoms. The highest BCUT2D eigenvalue weighted by molar-refractivity contribution is 5.85. The molecule has 0 atom stereocenters. The molecule has 0 radical (unpaired) electrons. The fraction of sp³-hybridized carbons (Fsp3) is 0.611. The Balaban J connectivity index is 0.00000225. The van der Waals surface area contributed by atoms with E-state index in [-0.39, 0.29) is 35.8 Å². The Kier molecular flexibility index (Phi) is 5.74. The van der Waals surface area contributed by atoms with E-state index in [2.05, 4.69) is 30.0 Å². The number of pyridine rings is 1. The summed E-state index contributed by atoms with van der Waals surface area (Å²) in [5.41, 5.74) is 0.910. The van der Waals surface area contributed by atoms with Crippen LogP contribution in [0.3, 0.4) is 0 Å². The van der Waals surface area contributed by atoms with Gasteiger partial charge in [0.2, 0.25) is 5.91 Å². The minimum absolute atomic E-state index is 0. The molecule has 2 heterocycles. The van der Waals surface area contributed by atoms with Crippen LogP contribution in [0.2, 0.25) is 0 Å². The lowest BCUT2D eigenvalue weighted by Gasteiger charge is -2.48. The summed E-state index contributed by atoms with van der Waals surface area (Å²) >= 11 is 0. The van der Waals surface area contributed by atoms with Crippen LogP contribution in [0.15, 0.2) is 24.4 Å². The summed E-state index contributed by atoms with van der Waals surface area (Å²) in [6.07, 6.45) is 6.02. The van der Waals surface area contributed by atoms with E-state index in [1.165, 1.54) is 4.90 Å². The summed E-state index contributed by atoms with van der Waals surface area (Å²) in [7, 11) is 4.17. The molecule has 1 saturated heterocycles. The summed E-state index contributed by atoms with van der Waals surface area (Å²) in [6, 6.07) is 6.02. The van der Waals surface area contributed by atoms with Crippen molar-refractivity contribution in [3.05, 3.63) is 30.1 Å². The van der Waals surface area contributed by atoms with Crippen molar-refractivity contribution < 1.29 is 14.7 Å². The Morgan fingerprint density at radius 3 is 2.48 bits per heavy atom. The summed E-state index contributed by atoms with van der Waals surface area (Å²) in [4.78, 5) is 31.5. The number of rotatable bonds is 4. The number of halogens is 1. The lowest BCUT2D eigenvalue weighted by molar-refractivity contribution is -0.142. The number of carbonyl (C=O) groups is 2. The minimum Gasteiger partial charge on any atom is -0.480 e. The molecular formula is C18H26ClN3O3. The van der Waals surface area contributed by atoms with E-state index in [1.807, 2.05) is 18.3 Å². The number of carboxylic acid groups (broad SMARTS) is 1. The maximum atomic E-state index is 12.2. The minimum atomic E-state index is -0.938. The van der Waals surface area contributed by atoms with Gasteiger partial charge in [0.1, 0.15) is 6.54 Å². The zero-order valence-electron chi connectivity index (χ0n) is 14.8. The number of nitrogens with zero attached hydrogens (tertiary/aromatic N) is 3. The molecule has 25 heavy (non-hydrogen) atoms. The first-order chi connectivity index (χ1) is 11.4. The standard InChI is InChI=1S/C18H25N3O3.ClH/c1-20(2)18(14-5-3-4-10-19-14)8-6-17(7-9-18)11-15(22)21(13-17)12-16(23)24;/h3-5,10H,6-9,11-13H2,1-2H3,(H,23,24);1H/t17-,18-;. The highest BCUT2D eigenvalue weighted by atomic mass is 35.5. The van der Waals surface area contributed by atoms with Crippen molar-refractivity contribution in [2.24, 2.45) is 5.41 Å². The van der Waals surface area contributed by atoms with Crippen molar-refractivity contribution in [2.45, 2.75) is 37.6 Å². The van der Waals surface area contributed by atoms with Crippen LogP contribution in [0.25, 0.3) is 0 Å². The van der Waals surface area contributed by atoms with Crippen LogP contribution in [-0.2, 0) is 15.1 Å². The number of hydrogen-bond acceptors (Lipinski definition) is 4. The number of carbonyl (C=O) groups excluding carboxylic acids is 1. The molecule has 2 fully saturated rings. The van der Waals surface area contributed by atoms with Gasteiger partial charge >= 0.3 is 5.97 Å². The second-order valence-electron chi connectivity index (χ2n) is 7.46. The lowest BCUT2D eigenvalue weighted by atomic mass is 9.65. The zero-order chi connectivity index (χ0) is 17.4. The van der Waals surface area contributed by atoms with E-state index in [9.17, 15) is 9.59 Å². The van der Waals surface area contributed by atoms with Crippen molar-refractivity contribution >= 4 is 24.3 Å². The van der Waals surface area contributed by atoms with Crippen LogP contribution in [0, 0.1) is 5.41 Å². The monoisotopic (exact) mass is 367 g/mol. The molecule has 138 valence electrons. The highest BCUT2D eigenvalue weighted by Gasteiger charge is 2.50. The number of amides is 1. The van der Waals surface area contributed by atoms with Gasteiger partial charge in [-0.3, -0.25) is 19.5 Å². The first kappa shape index (κ1) is 19.7. The molecule has 0 unspecified atom stereocenters. The van der Waals surface area contributed by atoms with Gasteiger partial charge in [0.15, 0.2) is 0 Å². The average Bonchev–Trinajstić information content (AvgIpc) is 2.84. The topological polar surface area (TPSA) is 73.7 Å². The Morgan fingerprint density at radius 1 is 1.28 bits per heavy atom. The molecule has 6 nitrogen and oxygen atoms in total. The Hall–Kier alpha value is -1.66. The van der Waals surface area contributed by atoms with Crippen molar-refractivity contribution in [3.63, 3.8) is 0 Å². The second-order valence-corrected chi connectivity index (χ2v) is 7.46. The molecule has 0 bridgehead atoms. The molecule has 1 N–H and O–H groups in total. The summed E-state index contributed by atoms with van der Waals surface area (Å²) in [5, 5.41) is 8.97. The molecule has 3 rings (SSSR count). The lowest BCUT2D eigenvalue weighted by Crippen LogP contribution is -2.48. The number of aromatic nitrogens is 1. The molecule has 1 aromatic rings. The smallest absolute Gasteiger partial charge is 0.323 e. The molecule has 1 aromatic heterocycles. The van der Waals surface area contributed by atoms with Crippen molar-refractivity contribution in [3.8, 4) is 0 Å². The molecule has 0 aromatic carbocycles.